The van der Waals surface area contributed by atoms with Crippen molar-refractivity contribution in [1.29, 1.82) is 0 Å². The summed E-state index contributed by atoms with van der Waals surface area (Å²) in [6.07, 6.45) is -7.05. The zero-order valence-electron chi connectivity index (χ0n) is 20.2. The van der Waals surface area contributed by atoms with Gasteiger partial charge in [0.25, 0.3) is 5.52 Å². The highest BCUT2D eigenvalue weighted by atomic mass is 16.7. The molecule has 1 aliphatic rings. The molecule has 0 amide bonds. The van der Waals surface area contributed by atoms with Crippen molar-refractivity contribution in [3.63, 3.8) is 0 Å². The Morgan fingerprint density at radius 3 is 2.17 bits per heavy atom. The maximum absolute atomic E-state index is 12.5. The standard InChI is InChI=1S/C22H25N3O11/c1-10-6-7-15-16(8-10)25(30)24-22(23-15)36-21-20(34-14(5)29)19(33-13(4)28)18(32-12(3)27)17(35-21)9-31-11(2)26/h6-8,17-21H,9H2,1-5H3/t17-,18+,19+,20+,21+/m0/s1. The van der Waals surface area contributed by atoms with Crippen molar-refractivity contribution < 1.29 is 52.4 Å². The molecule has 1 fully saturated rings. The Morgan fingerprint density at radius 1 is 0.944 bits per heavy atom. The van der Waals surface area contributed by atoms with Crippen molar-refractivity contribution in [3.8, 4) is 6.01 Å². The van der Waals surface area contributed by atoms with E-state index >= 15 is 0 Å². The van der Waals surface area contributed by atoms with Gasteiger partial charge in [-0.1, -0.05) is 6.07 Å². The van der Waals surface area contributed by atoms with Gasteiger partial charge < -0.3 is 33.6 Å². The molecule has 1 aliphatic heterocycles. The van der Waals surface area contributed by atoms with Gasteiger partial charge in [0.05, 0.1) is 5.10 Å². The van der Waals surface area contributed by atoms with Gasteiger partial charge >= 0.3 is 29.9 Å². The number of carbonyl (C=O) groups is 4. The van der Waals surface area contributed by atoms with Crippen LogP contribution in [0.15, 0.2) is 18.2 Å². The number of esters is 4. The molecular weight excluding hydrogens is 482 g/mol. The Bertz CT molecular complexity index is 1170. The molecule has 2 aromatic rings. The van der Waals surface area contributed by atoms with Crippen LogP contribution in [0.4, 0.5) is 0 Å². The van der Waals surface area contributed by atoms with E-state index in [2.05, 4.69) is 10.1 Å². The monoisotopic (exact) mass is 507 g/mol. The first-order valence-electron chi connectivity index (χ1n) is 10.8. The molecule has 0 unspecified atom stereocenters. The fourth-order valence-electron chi connectivity index (χ4n) is 3.58. The number of aromatic nitrogens is 3. The summed E-state index contributed by atoms with van der Waals surface area (Å²) < 4.78 is 32.4. The lowest BCUT2D eigenvalue weighted by Crippen LogP contribution is -2.63. The second-order valence-electron chi connectivity index (χ2n) is 7.94. The average Bonchev–Trinajstić information content (AvgIpc) is 2.76. The molecule has 0 saturated carbocycles. The van der Waals surface area contributed by atoms with Gasteiger partial charge in [0.2, 0.25) is 12.4 Å². The van der Waals surface area contributed by atoms with Gasteiger partial charge in [0, 0.05) is 33.8 Å². The molecule has 0 bridgehead atoms. The number of rotatable bonds is 7. The molecule has 14 nitrogen and oxygen atoms in total. The van der Waals surface area contributed by atoms with Gasteiger partial charge in [-0.15, -0.1) is 0 Å². The summed E-state index contributed by atoms with van der Waals surface area (Å²) in [5.41, 5.74) is 1.25. The summed E-state index contributed by atoms with van der Waals surface area (Å²) in [7, 11) is 0. The summed E-state index contributed by atoms with van der Waals surface area (Å²) in [4.78, 5) is 51.5. The predicted molar refractivity (Wildman–Crippen MR) is 116 cm³/mol. The number of aryl methyl sites for hydroxylation is 1. The van der Waals surface area contributed by atoms with Crippen molar-refractivity contribution in [2.75, 3.05) is 6.61 Å². The maximum Gasteiger partial charge on any atom is 0.383 e. The van der Waals surface area contributed by atoms with Crippen molar-refractivity contribution in [2.24, 2.45) is 0 Å². The normalized spacial score (nSPS) is 23.4. The second-order valence-corrected chi connectivity index (χ2v) is 7.94. The van der Waals surface area contributed by atoms with Crippen LogP contribution in [0.3, 0.4) is 0 Å². The van der Waals surface area contributed by atoms with Crippen molar-refractivity contribution in [2.45, 2.75) is 65.3 Å². The molecule has 0 radical (unpaired) electrons. The molecule has 5 atom stereocenters. The zero-order valence-corrected chi connectivity index (χ0v) is 20.2. The van der Waals surface area contributed by atoms with E-state index in [1.807, 2.05) is 0 Å². The van der Waals surface area contributed by atoms with Crippen molar-refractivity contribution in [3.05, 3.63) is 29.0 Å². The van der Waals surface area contributed by atoms with E-state index in [4.69, 9.17) is 28.4 Å². The number of fused-ring (bicyclic) bond motifs is 1. The van der Waals surface area contributed by atoms with Gasteiger partial charge in [-0.3, -0.25) is 19.2 Å². The molecule has 1 saturated heterocycles. The number of hydrogen-bond donors (Lipinski definition) is 0. The first-order valence-corrected chi connectivity index (χ1v) is 10.8. The van der Waals surface area contributed by atoms with E-state index < -0.39 is 67.2 Å². The molecule has 1 aromatic carbocycles. The fourth-order valence-corrected chi connectivity index (χ4v) is 3.58. The summed E-state index contributed by atoms with van der Waals surface area (Å²) in [6.45, 7) is 5.80. The lowest BCUT2D eigenvalue weighted by Gasteiger charge is -2.43. The molecule has 1 aromatic heterocycles. The zero-order chi connectivity index (χ0) is 26.6. The Morgan fingerprint density at radius 2 is 1.56 bits per heavy atom. The molecule has 3 rings (SSSR count). The van der Waals surface area contributed by atoms with Crippen LogP contribution < -0.4 is 9.58 Å². The smallest absolute Gasteiger partial charge is 0.383 e. The highest BCUT2D eigenvalue weighted by Gasteiger charge is 2.53. The molecule has 36 heavy (non-hydrogen) atoms. The van der Waals surface area contributed by atoms with E-state index in [0.29, 0.717) is 4.85 Å². The summed E-state index contributed by atoms with van der Waals surface area (Å²) in [5.74, 6) is -3.03. The van der Waals surface area contributed by atoms with Crippen LogP contribution in [0, 0.1) is 12.1 Å². The minimum absolute atomic E-state index is 0.184. The van der Waals surface area contributed by atoms with E-state index in [-0.39, 0.29) is 11.0 Å². The van der Waals surface area contributed by atoms with Gasteiger partial charge in [-0.2, -0.15) is 4.98 Å². The van der Waals surface area contributed by atoms with Crippen LogP contribution >= 0.6 is 0 Å². The predicted octanol–water partition coefficient (Wildman–Crippen LogP) is 0.0335. The fraction of sp³-hybridized carbons (Fsp3) is 0.500. The van der Waals surface area contributed by atoms with Crippen LogP contribution in [-0.4, -0.2) is 71.3 Å². The largest absolute Gasteiger partial charge is 0.594 e. The lowest BCUT2D eigenvalue weighted by molar-refractivity contribution is -0.644. The van der Waals surface area contributed by atoms with Crippen molar-refractivity contribution in [1.82, 2.24) is 10.1 Å². The molecular formula is C22H25N3O11. The van der Waals surface area contributed by atoms with Crippen LogP contribution in [0.25, 0.3) is 11.0 Å². The lowest BCUT2D eigenvalue weighted by atomic mass is 9.98. The Labute approximate surface area is 204 Å². The minimum Gasteiger partial charge on any atom is -0.594 e. The average molecular weight is 507 g/mol. The van der Waals surface area contributed by atoms with Gasteiger partial charge in [-0.25, -0.2) is 0 Å². The number of carbonyl (C=O) groups excluding carboxylic acids is 4. The molecule has 14 heteroatoms. The van der Waals surface area contributed by atoms with E-state index in [1.54, 1.807) is 25.1 Å². The Balaban J connectivity index is 2.03. The number of nitrogens with zero attached hydrogens (tertiary/aromatic N) is 3. The van der Waals surface area contributed by atoms with Crippen molar-refractivity contribution >= 4 is 34.9 Å². The molecule has 2 heterocycles. The van der Waals surface area contributed by atoms with E-state index in [9.17, 15) is 24.4 Å². The first-order chi connectivity index (χ1) is 16.9. The second kappa shape index (κ2) is 11.1. The summed E-state index contributed by atoms with van der Waals surface area (Å²) >= 11 is 0. The third kappa shape index (κ3) is 6.53. The molecule has 0 spiro atoms. The number of hydrogen-bond acceptors (Lipinski definition) is 13. The van der Waals surface area contributed by atoms with Gasteiger partial charge in [0.1, 0.15) is 18.2 Å². The first kappa shape index (κ1) is 26.5. The highest BCUT2D eigenvalue weighted by Crippen LogP contribution is 2.30. The maximum atomic E-state index is 12.5. The Kier molecular flexibility index (Phi) is 8.19. The van der Waals surface area contributed by atoms with Crippen LogP contribution in [0.5, 0.6) is 6.01 Å². The van der Waals surface area contributed by atoms with Crippen LogP contribution in [0.2, 0.25) is 0 Å². The van der Waals surface area contributed by atoms with Gasteiger partial charge in [-0.05, 0) is 23.4 Å². The number of benzene rings is 1. The third-order valence-electron chi connectivity index (χ3n) is 4.90. The number of ether oxygens (including phenoxy) is 6. The van der Waals surface area contributed by atoms with E-state index in [1.165, 1.54) is 0 Å². The van der Waals surface area contributed by atoms with Crippen LogP contribution in [-0.2, 0) is 42.9 Å². The minimum atomic E-state index is -1.56. The van der Waals surface area contributed by atoms with E-state index in [0.717, 1.165) is 33.3 Å². The summed E-state index contributed by atoms with van der Waals surface area (Å²) in [6, 6.07) is 4.46. The molecule has 194 valence electrons. The molecule has 0 N–H and O–H groups in total. The highest BCUT2D eigenvalue weighted by molar-refractivity contribution is 5.71. The Hall–Kier alpha value is -4.07. The quantitative estimate of drug-likeness (QED) is 0.212. The summed E-state index contributed by atoms with van der Waals surface area (Å²) in [5, 5.41) is 16.2. The molecule has 0 aliphatic carbocycles. The third-order valence-corrected chi connectivity index (χ3v) is 4.90. The van der Waals surface area contributed by atoms with Crippen LogP contribution in [0.1, 0.15) is 33.3 Å². The SMILES string of the molecule is CC(=O)OC[C@@H]1O[C@H](Oc2nc3ccc(C)cc3[n+]([O-])n2)[C@H](OC(C)=O)[C@H](OC(C)=O)[C@@H]1OC(C)=O. The topological polar surface area (TPSA) is 176 Å². The van der Waals surface area contributed by atoms with Gasteiger partial charge in [0.15, 0.2) is 12.2 Å².